The summed E-state index contributed by atoms with van der Waals surface area (Å²) in [5.74, 6) is -0.0554. The number of benzene rings is 1. The number of hydrogen-bond acceptors (Lipinski definition) is 3. The number of rotatable bonds is 3. The van der Waals surface area contributed by atoms with Crippen molar-refractivity contribution in [3.8, 4) is 0 Å². The Morgan fingerprint density at radius 1 is 1.36 bits per heavy atom. The first kappa shape index (κ1) is 15.4. The Morgan fingerprint density at radius 3 is 2.77 bits per heavy atom. The van der Waals surface area contributed by atoms with Crippen LogP contribution in [0.25, 0.3) is 0 Å². The van der Waals surface area contributed by atoms with Gasteiger partial charge >= 0.3 is 0 Å². The van der Waals surface area contributed by atoms with Gasteiger partial charge in [-0.1, -0.05) is 11.8 Å². The maximum atomic E-state index is 12.3. The maximum Gasteiger partial charge on any atom is 0.294 e. The molecule has 1 atom stereocenters. The van der Waals surface area contributed by atoms with E-state index < -0.39 is 0 Å². The normalized spacial score (nSPS) is 21.6. The zero-order valence-corrected chi connectivity index (χ0v) is 13.8. The van der Waals surface area contributed by atoms with Gasteiger partial charge in [-0.25, -0.2) is 0 Å². The molecular formula is C16H22N3O2S+. The number of thioether (sulfide) groups is 1. The molecule has 22 heavy (non-hydrogen) atoms. The molecule has 6 heteroatoms. The summed E-state index contributed by atoms with van der Waals surface area (Å²) in [4.78, 5) is 26.8. The fourth-order valence-corrected chi connectivity index (χ4v) is 4.16. The molecule has 2 aliphatic rings. The molecule has 1 aromatic carbocycles. The third-order valence-corrected chi connectivity index (χ3v) is 5.41. The molecule has 0 aromatic heterocycles. The van der Waals surface area contributed by atoms with Crippen LogP contribution in [0.3, 0.4) is 0 Å². The smallest absolute Gasteiger partial charge is 0.294 e. The zero-order valence-electron chi connectivity index (χ0n) is 12.9. The van der Waals surface area contributed by atoms with Gasteiger partial charge in [0, 0.05) is 29.3 Å². The van der Waals surface area contributed by atoms with Crippen LogP contribution in [0.2, 0.25) is 0 Å². The van der Waals surface area contributed by atoms with Crippen molar-refractivity contribution < 1.29 is 14.5 Å². The average Bonchev–Trinajstić information content (AvgIpc) is 2.99. The molecule has 0 bridgehead atoms. The van der Waals surface area contributed by atoms with Crippen LogP contribution in [-0.4, -0.2) is 36.3 Å². The second-order valence-electron chi connectivity index (χ2n) is 6.19. The molecule has 0 saturated carbocycles. The van der Waals surface area contributed by atoms with Gasteiger partial charge in [0.15, 0.2) is 0 Å². The molecule has 0 spiro atoms. The molecule has 0 radical (unpaired) electrons. The third-order valence-electron chi connectivity index (χ3n) is 4.02. The van der Waals surface area contributed by atoms with E-state index in [4.69, 9.17) is 0 Å². The first-order valence-electron chi connectivity index (χ1n) is 7.81. The van der Waals surface area contributed by atoms with Crippen LogP contribution >= 0.6 is 11.8 Å². The van der Waals surface area contributed by atoms with E-state index in [1.54, 1.807) is 17.8 Å². The summed E-state index contributed by atoms with van der Waals surface area (Å²) >= 11 is 1.62. The van der Waals surface area contributed by atoms with Crippen molar-refractivity contribution in [1.29, 1.82) is 0 Å². The zero-order chi connectivity index (χ0) is 15.7. The molecule has 2 aliphatic heterocycles. The standard InChI is InChI=1S/C16H21N3O2S/c1-10(2)17-14(20)11-5-6-13-12(9-11)18-15(21)16(22-13)19-7-3-4-8-19/h5-6,9-10,16H,3-4,7-8H2,1-2H3,(H,17,20)(H,18,21)/p+1. The molecule has 1 aromatic rings. The molecule has 2 heterocycles. The lowest BCUT2D eigenvalue weighted by molar-refractivity contribution is -0.888. The van der Waals surface area contributed by atoms with Crippen molar-refractivity contribution in [2.45, 2.75) is 43.0 Å². The topological polar surface area (TPSA) is 62.6 Å². The average molecular weight is 320 g/mol. The molecule has 3 N–H and O–H groups in total. The fourth-order valence-electron chi connectivity index (χ4n) is 2.96. The first-order valence-corrected chi connectivity index (χ1v) is 8.69. The minimum atomic E-state index is -0.107. The highest BCUT2D eigenvalue weighted by Gasteiger charge is 2.37. The lowest BCUT2D eigenvalue weighted by Gasteiger charge is -2.28. The molecule has 5 nitrogen and oxygen atoms in total. The Bertz CT molecular complexity index is 597. The summed E-state index contributed by atoms with van der Waals surface area (Å²) in [6.07, 6.45) is 2.39. The molecule has 1 unspecified atom stereocenters. The van der Waals surface area contributed by atoms with Gasteiger partial charge < -0.3 is 15.5 Å². The number of nitrogens with one attached hydrogen (secondary N) is 3. The number of anilines is 1. The molecular weight excluding hydrogens is 298 g/mol. The van der Waals surface area contributed by atoms with Crippen LogP contribution in [0.4, 0.5) is 5.69 Å². The van der Waals surface area contributed by atoms with Crippen molar-refractivity contribution in [2.24, 2.45) is 0 Å². The van der Waals surface area contributed by atoms with Crippen LogP contribution < -0.4 is 15.5 Å². The number of amides is 2. The minimum absolute atomic E-state index is 0.0517. The monoisotopic (exact) mass is 320 g/mol. The molecule has 2 amide bonds. The van der Waals surface area contributed by atoms with Gasteiger partial charge in [0.1, 0.15) is 0 Å². The van der Waals surface area contributed by atoms with Crippen molar-refractivity contribution in [1.82, 2.24) is 5.32 Å². The van der Waals surface area contributed by atoms with Gasteiger partial charge in [-0.05, 0) is 32.0 Å². The van der Waals surface area contributed by atoms with E-state index in [1.807, 2.05) is 26.0 Å². The maximum absolute atomic E-state index is 12.3. The van der Waals surface area contributed by atoms with Crippen LogP contribution in [0.5, 0.6) is 0 Å². The SMILES string of the molecule is CC(C)NC(=O)c1ccc2c(c1)NC(=O)C([NH+]1CCCC1)S2. The Morgan fingerprint density at radius 2 is 2.09 bits per heavy atom. The van der Waals surface area contributed by atoms with E-state index in [0.717, 1.165) is 23.7 Å². The van der Waals surface area contributed by atoms with Crippen molar-refractivity contribution in [3.05, 3.63) is 23.8 Å². The van der Waals surface area contributed by atoms with Crippen LogP contribution in [0.1, 0.15) is 37.0 Å². The van der Waals surface area contributed by atoms with Gasteiger partial charge in [-0.2, -0.15) is 0 Å². The first-order chi connectivity index (χ1) is 10.5. The number of fused-ring (bicyclic) bond motifs is 1. The molecule has 3 rings (SSSR count). The van der Waals surface area contributed by atoms with Crippen molar-refractivity contribution in [3.63, 3.8) is 0 Å². The highest BCUT2D eigenvalue weighted by atomic mass is 32.2. The predicted octanol–water partition coefficient (Wildman–Crippen LogP) is 0.874. The van der Waals surface area contributed by atoms with E-state index in [0.29, 0.717) is 5.56 Å². The van der Waals surface area contributed by atoms with Gasteiger partial charge in [-0.3, -0.25) is 9.59 Å². The van der Waals surface area contributed by atoms with Crippen LogP contribution in [0.15, 0.2) is 23.1 Å². The molecule has 1 saturated heterocycles. The minimum Gasteiger partial charge on any atom is -0.350 e. The summed E-state index contributed by atoms with van der Waals surface area (Å²) in [5, 5.41) is 5.78. The van der Waals surface area contributed by atoms with E-state index in [2.05, 4.69) is 10.6 Å². The second-order valence-corrected chi connectivity index (χ2v) is 7.34. The third kappa shape index (κ3) is 3.13. The Balaban J connectivity index is 1.79. The van der Waals surface area contributed by atoms with Gasteiger partial charge in [-0.15, -0.1) is 0 Å². The van der Waals surface area contributed by atoms with Gasteiger partial charge in [0.25, 0.3) is 11.8 Å². The van der Waals surface area contributed by atoms with Gasteiger partial charge in [0.05, 0.1) is 18.8 Å². The highest BCUT2D eigenvalue weighted by molar-refractivity contribution is 8.00. The number of likely N-dealkylation sites (tertiary alicyclic amines) is 1. The van der Waals surface area contributed by atoms with Crippen molar-refractivity contribution >= 4 is 29.3 Å². The van der Waals surface area contributed by atoms with Gasteiger partial charge in [0.2, 0.25) is 5.37 Å². The Labute approximate surface area is 134 Å². The predicted molar refractivity (Wildman–Crippen MR) is 87.2 cm³/mol. The Kier molecular flexibility index (Phi) is 4.40. The molecule has 1 fully saturated rings. The quantitative estimate of drug-likeness (QED) is 0.774. The lowest BCUT2D eigenvalue weighted by Crippen LogP contribution is -3.14. The van der Waals surface area contributed by atoms with E-state index in [-0.39, 0.29) is 23.2 Å². The summed E-state index contributed by atoms with van der Waals surface area (Å²) in [6, 6.07) is 5.64. The molecule has 118 valence electrons. The van der Waals surface area contributed by atoms with E-state index in [9.17, 15) is 9.59 Å². The fraction of sp³-hybridized carbons (Fsp3) is 0.500. The van der Waals surface area contributed by atoms with Crippen LogP contribution in [-0.2, 0) is 4.79 Å². The summed E-state index contributed by atoms with van der Waals surface area (Å²) < 4.78 is 0. The summed E-state index contributed by atoms with van der Waals surface area (Å²) in [6.45, 7) is 5.99. The number of carbonyl (C=O) groups excluding carboxylic acids is 2. The largest absolute Gasteiger partial charge is 0.350 e. The summed E-state index contributed by atoms with van der Waals surface area (Å²) in [5.41, 5.74) is 1.33. The second kappa shape index (κ2) is 6.30. The Hall–Kier alpha value is -1.53. The number of quaternary nitrogens is 1. The lowest BCUT2D eigenvalue weighted by atomic mass is 10.1. The van der Waals surface area contributed by atoms with E-state index >= 15 is 0 Å². The van der Waals surface area contributed by atoms with E-state index in [1.165, 1.54) is 17.7 Å². The van der Waals surface area contributed by atoms with Crippen molar-refractivity contribution in [2.75, 3.05) is 18.4 Å². The molecule has 0 aliphatic carbocycles. The van der Waals surface area contributed by atoms with Crippen LogP contribution in [0, 0.1) is 0 Å². The summed E-state index contributed by atoms with van der Waals surface area (Å²) in [7, 11) is 0. The number of carbonyl (C=O) groups is 2. The highest BCUT2D eigenvalue weighted by Crippen LogP contribution is 2.34. The number of hydrogen-bond donors (Lipinski definition) is 3.